The van der Waals surface area contributed by atoms with Crippen LogP contribution < -0.4 is 5.32 Å². The van der Waals surface area contributed by atoms with Gasteiger partial charge in [0.05, 0.1) is 13.2 Å². The molecule has 1 aliphatic carbocycles. The maximum absolute atomic E-state index is 13.8. The van der Waals surface area contributed by atoms with Crippen LogP contribution in [0.5, 0.6) is 0 Å². The number of carbonyl (C=O) groups is 1. The fourth-order valence-electron chi connectivity index (χ4n) is 2.70. The number of benzene rings is 1. The van der Waals surface area contributed by atoms with E-state index in [0.717, 1.165) is 19.4 Å². The summed E-state index contributed by atoms with van der Waals surface area (Å²) in [5.74, 6) is -0.154. The first-order valence-corrected chi connectivity index (χ1v) is 7.58. The molecule has 1 unspecified atom stereocenters. The molecule has 1 saturated heterocycles. The molecule has 1 amide bonds. The molecule has 122 valence electrons. The minimum atomic E-state index is -0.241. The molecule has 4 nitrogen and oxygen atoms in total. The van der Waals surface area contributed by atoms with Gasteiger partial charge in [-0.05, 0) is 18.9 Å². The molecule has 0 radical (unpaired) electrons. The number of nitrogens with zero attached hydrogens (tertiary/aromatic N) is 1. The Kier molecular flexibility index (Phi) is 6.17. The number of morpholine rings is 1. The monoisotopic (exact) mass is 328 g/mol. The van der Waals surface area contributed by atoms with Gasteiger partial charge >= 0.3 is 0 Å². The zero-order chi connectivity index (χ0) is 14.7. The summed E-state index contributed by atoms with van der Waals surface area (Å²) in [4.78, 5) is 14.3. The molecule has 22 heavy (non-hydrogen) atoms. The van der Waals surface area contributed by atoms with Gasteiger partial charge in [-0.25, -0.2) is 4.39 Å². The molecular weight excluding hydrogens is 307 g/mol. The number of carbonyl (C=O) groups excluding carboxylic acids is 1. The van der Waals surface area contributed by atoms with Crippen molar-refractivity contribution in [1.29, 1.82) is 0 Å². The lowest BCUT2D eigenvalue weighted by molar-refractivity contribution is -0.133. The van der Waals surface area contributed by atoms with Gasteiger partial charge in [-0.2, -0.15) is 0 Å². The third kappa shape index (κ3) is 4.41. The molecule has 1 N–H and O–H groups in total. The molecule has 2 fully saturated rings. The van der Waals surface area contributed by atoms with Crippen LogP contribution in [0.4, 0.5) is 4.39 Å². The van der Waals surface area contributed by atoms with Crippen molar-refractivity contribution in [3.05, 3.63) is 35.6 Å². The molecular formula is C16H22ClFN2O2. The summed E-state index contributed by atoms with van der Waals surface area (Å²) in [6, 6.07) is 7.03. The summed E-state index contributed by atoms with van der Waals surface area (Å²) in [6.45, 7) is 2.43. The third-order valence-corrected chi connectivity index (χ3v) is 4.03. The SMILES string of the molecule is Cl.O=C(CC1COCCN1)N(Cc1ccccc1F)C1CC1. The molecule has 0 bridgehead atoms. The topological polar surface area (TPSA) is 41.6 Å². The molecule has 2 aliphatic rings. The van der Waals surface area contributed by atoms with Gasteiger partial charge in [-0.3, -0.25) is 4.79 Å². The van der Waals surface area contributed by atoms with Gasteiger partial charge in [-0.15, -0.1) is 12.4 Å². The zero-order valence-electron chi connectivity index (χ0n) is 12.5. The smallest absolute Gasteiger partial charge is 0.224 e. The molecule has 1 aromatic rings. The van der Waals surface area contributed by atoms with E-state index in [0.29, 0.717) is 31.7 Å². The lowest BCUT2D eigenvalue weighted by Crippen LogP contribution is -2.45. The summed E-state index contributed by atoms with van der Waals surface area (Å²) < 4.78 is 19.2. The first kappa shape index (κ1) is 17.2. The van der Waals surface area contributed by atoms with Gasteiger partial charge in [0.2, 0.25) is 5.91 Å². The number of ether oxygens (including phenoxy) is 1. The largest absolute Gasteiger partial charge is 0.378 e. The fourth-order valence-corrected chi connectivity index (χ4v) is 2.70. The summed E-state index contributed by atoms with van der Waals surface area (Å²) >= 11 is 0. The van der Waals surface area contributed by atoms with Gasteiger partial charge in [0.1, 0.15) is 5.82 Å². The predicted molar refractivity (Wildman–Crippen MR) is 84.4 cm³/mol. The summed E-state index contributed by atoms with van der Waals surface area (Å²) in [5.41, 5.74) is 0.589. The molecule has 0 spiro atoms. The van der Waals surface area contributed by atoms with Gasteiger partial charge in [0.25, 0.3) is 0 Å². The average molecular weight is 329 g/mol. The lowest BCUT2D eigenvalue weighted by Gasteiger charge is -2.28. The van der Waals surface area contributed by atoms with Crippen LogP contribution in [0.1, 0.15) is 24.8 Å². The van der Waals surface area contributed by atoms with E-state index in [9.17, 15) is 9.18 Å². The summed E-state index contributed by atoms with van der Waals surface area (Å²) in [5, 5.41) is 3.29. The third-order valence-electron chi connectivity index (χ3n) is 4.03. The number of hydrogen-bond acceptors (Lipinski definition) is 3. The van der Waals surface area contributed by atoms with E-state index < -0.39 is 0 Å². The average Bonchev–Trinajstić information content (AvgIpc) is 3.32. The Morgan fingerprint density at radius 1 is 1.36 bits per heavy atom. The van der Waals surface area contributed by atoms with Gasteiger partial charge in [0.15, 0.2) is 0 Å². The second-order valence-electron chi connectivity index (χ2n) is 5.77. The second-order valence-corrected chi connectivity index (χ2v) is 5.77. The Bertz CT molecular complexity index is 505. The van der Waals surface area contributed by atoms with Crippen LogP contribution in [0.25, 0.3) is 0 Å². The van der Waals surface area contributed by atoms with Crippen molar-refractivity contribution in [3.8, 4) is 0 Å². The van der Waals surface area contributed by atoms with Crippen molar-refractivity contribution in [2.45, 2.75) is 37.9 Å². The van der Waals surface area contributed by atoms with Crippen LogP contribution in [0.3, 0.4) is 0 Å². The Balaban J connectivity index is 0.00000176. The molecule has 6 heteroatoms. The standard InChI is InChI=1S/C16H21FN2O2.ClH/c17-15-4-2-1-3-12(15)10-19(14-5-6-14)16(20)9-13-11-21-8-7-18-13;/h1-4,13-14,18H,5-11H2;1H. The highest BCUT2D eigenvalue weighted by molar-refractivity contribution is 5.85. The minimum Gasteiger partial charge on any atom is -0.378 e. The number of hydrogen-bond donors (Lipinski definition) is 1. The summed E-state index contributed by atoms with van der Waals surface area (Å²) in [7, 11) is 0. The molecule has 0 aromatic heterocycles. The predicted octanol–water partition coefficient (Wildman–Crippen LogP) is 2.12. The second kappa shape index (κ2) is 7.90. The Labute approximate surface area is 136 Å². The number of rotatable bonds is 5. The quantitative estimate of drug-likeness (QED) is 0.900. The Hall–Kier alpha value is -1.17. The van der Waals surface area contributed by atoms with Crippen LogP contribution in [0.2, 0.25) is 0 Å². The Morgan fingerprint density at radius 3 is 2.77 bits per heavy atom. The van der Waals surface area contributed by atoms with Crippen LogP contribution in [-0.4, -0.2) is 42.6 Å². The first-order valence-electron chi connectivity index (χ1n) is 7.58. The first-order chi connectivity index (χ1) is 10.2. The van der Waals surface area contributed by atoms with E-state index in [-0.39, 0.29) is 36.2 Å². The maximum atomic E-state index is 13.8. The van der Waals surface area contributed by atoms with Crippen LogP contribution in [-0.2, 0) is 16.1 Å². The maximum Gasteiger partial charge on any atom is 0.224 e. The minimum absolute atomic E-state index is 0. The molecule has 1 heterocycles. The normalized spacial score (nSPS) is 21.0. The van der Waals surface area contributed by atoms with Crippen LogP contribution in [0.15, 0.2) is 24.3 Å². The van der Waals surface area contributed by atoms with Gasteiger partial charge in [-0.1, -0.05) is 18.2 Å². The number of nitrogens with one attached hydrogen (secondary N) is 1. The van der Waals surface area contributed by atoms with Crippen molar-refractivity contribution in [1.82, 2.24) is 10.2 Å². The van der Waals surface area contributed by atoms with Crippen molar-refractivity contribution < 1.29 is 13.9 Å². The molecule has 1 atom stereocenters. The van der Waals surface area contributed by atoms with Crippen molar-refractivity contribution in [2.24, 2.45) is 0 Å². The van der Waals surface area contributed by atoms with E-state index in [1.807, 2.05) is 11.0 Å². The summed E-state index contributed by atoms with van der Waals surface area (Å²) in [6.07, 6.45) is 2.47. The van der Waals surface area contributed by atoms with E-state index in [1.54, 1.807) is 12.1 Å². The van der Waals surface area contributed by atoms with Crippen molar-refractivity contribution in [3.63, 3.8) is 0 Å². The van der Waals surface area contributed by atoms with Crippen LogP contribution >= 0.6 is 12.4 Å². The van der Waals surface area contributed by atoms with Crippen LogP contribution in [0, 0.1) is 5.82 Å². The van der Waals surface area contributed by atoms with E-state index in [4.69, 9.17) is 4.74 Å². The van der Waals surface area contributed by atoms with Crippen molar-refractivity contribution >= 4 is 18.3 Å². The van der Waals surface area contributed by atoms with Gasteiger partial charge in [0, 0.05) is 37.2 Å². The molecule has 1 saturated carbocycles. The lowest BCUT2D eigenvalue weighted by atomic mass is 10.1. The molecule has 1 aromatic carbocycles. The Morgan fingerprint density at radius 2 is 2.14 bits per heavy atom. The highest BCUT2D eigenvalue weighted by Crippen LogP contribution is 2.29. The van der Waals surface area contributed by atoms with E-state index in [1.165, 1.54) is 6.07 Å². The van der Waals surface area contributed by atoms with Crippen molar-refractivity contribution in [2.75, 3.05) is 19.8 Å². The number of amides is 1. The zero-order valence-corrected chi connectivity index (χ0v) is 13.3. The fraction of sp³-hybridized carbons (Fsp3) is 0.562. The van der Waals surface area contributed by atoms with E-state index >= 15 is 0 Å². The highest BCUT2D eigenvalue weighted by Gasteiger charge is 2.34. The number of halogens is 2. The van der Waals surface area contributed by atoms with Gasteiger partial charge < -0.3 is 15.0 Å². The molecule has 3 rings (SSSR count). The van der Waals surface area contributed by atoms with E-state index in [2.05, 4.69) is 5.32 Å². The molecule has 1 aliphatic heterocycles. The highest BCUT2D eigenvalue weighted by atomic mass is 35.5.